The van der Waals surface area contributed by atoms with E-state index >= 15 is 0 Å². The van der Waals surface area contributed by atoms with Gasteiger partial charge in [0, 0.05) is 23.7 Å². The minimum absolute atomic E-state index is 0.0840. The number of hydrogen-bond acceptors (Lipinski definition) is 3. The number of benzene rings is 1. The van der Waals surface area contributed by atoms with Crippen molar-refractivity contribution in [3.8, 4) is 0 Å². The van der Waals surface area contributed by atoms with Gasteiger partial charge in [-0.1, -0.05) is 41.4 Å². The molecule has 2 aromatic rings. The van der Waals surface area contributed by atoms with E-state index in [1.807, 2.05) is 24.3 Å². The van der Waals surface area contributed by atoms with E-state index in [1.54, 1.807) is 18.3 Å². The quantitative estimate of drug-likeness (QED) is 0.809. The zero-order valence-corrected chi connectivity index (χ0v) is 12.5. The molecule has 0 bridgehead atoms. The summed E-state index contributed by atoms with van der Waals surface area (Å²) in [5, 5.41) is 6.74. The lowest BCUT2D eigenvalue weighted by molar-refractivity contribution is -0.116. The van der Waals surface area contributed by atoms with Crippen LogP contribution in [-0.2, 0) is 11.2 Å². The molecule has 1 aromatic heterocycles. The van der Waals surface area contributed by atoms with Crippen molar-refractivity contribution in [1.82, 2.24) is 4.98 Å². The van der Waals surface area contributed by atoms with Gasteiger partial charge >= 0.3 is 0 Å². The monoisotopic (exact) mass is 319 g/mol. The first-order valence-electron chi connectivity index (χ1n) is 6.38. The number of aromatic nitrogens is 1. The maximum absolute atomic E-state index is 12.1. The standard InChI is InChI=1S/C15H11Cl2N3O/c16-13-4-2-1-3-10(13)7-11-8-15(21)20(19-11)12-5-6-18-14(17)9-12/h1-6,9H,7-8H2. The molecular weight excluding hydrogens is 309 g/mol. The fourth-order valence-electron chi connectivity index (χ4n) is 2.17. The maximum Gasteiger partial charge on any atom is 0.253 e. The summed E-state index contributed by atoms with van der Waals surface area (Å²) in [6, 6.07) is 10.9. The molecule has 0 spiro atoms. The lowest BCUT2D eigenvalue weighted by atomic mass is 10.1. The van der Waals surface area contributed by atoms with Crippen LogP contribution in [0, 0.1) is 0 Å². The Kier molecular flexibility index (Phi) is 3.90. The molecule has 3 rings (SSSR count). The number of hydrazone groups is 1. The Bertz CT molecular complexity index is 730. The van der Waals surface area contributed by atoms with Crippen LogP contribution in [0.5, 0.6) is 0 Å². The third-order valence-corrected chi connectivity index (χ3v) is 3.72. The van der Waals surface area contributed by atoms with Gasteiger partial charge in [0.15, 0.2) is 0 Å². The van der Waals surface area contributed by atoms with E-state index in [9.17, 15) is 4.79 Å². The molecule has 0 N–H and O–H groups in total. The highest BCUT2D eigenvalue weighted by Crippen LogP contribution is 2.24. The summed E-state index contributed by atoms with van der Waals surface area (Å²) >= 11 is 12.0. The molecule has 0 saturated carbocycles. The van der Waals surface area contributed by atoms with Crippen LogP contribution < -0.4 is 5.01 Å². The van der Waals surface area contributed by atoms with E-state index in [-0.39, 0.29) is 12.3 Å². The topological polar surface area (TPSA) is 45.6 Å². The molecule has 2 heterocycles. The highest BCUT2D eigenvalue weighted by Gasteiger charge is 2.25. The lowest BCUT2D eigenvalue weighted by Crippen LogP contribution is -2.19. The Balaban J connectivity index is 1.84. The molecular formula is C15H11Cl2N3O. The van der Waals surface area contributed by atoms with Crippen molar-refractivity contribution < 1.29 is 4.79 Å². The number of anilines is 1. The van der Waals surface area contributed by atoms with E-state index in [0.717, 1.165) is 11.3 Å². The molecule has 106 valence electrons. The second-order valence-corrected chi connectivity index (χ2v) is 5.45. The van der Waals surface area contributed by atoms with Crippen molar-refractivity contribution in [3.05, 3.63) is 58.3 Å². The highest BCUT2D eigenvalue weighted by atomic mass is 35.5. The number of amides is 1. The second-order valence-electron chi connectivity index (χ2n) is 4.65. The van der Waals surface area contributed by atoms with E-state index in [2.05, 4.69) is 10.1 Å². The van der Waals surface area contributed by atoms with Gasteiger partial charge in [-0.2, -0.15) is 5.10 Å². The van der Waals surface area contributed by atoms with Crippen LogP contribution >= 0.6 is 23.2 Å². The fourth-order valence-corrected chi connectivity index (χ4v) is 2.54. The molecule has 1 aliphatic rings. The van der Waals surface area contributed by atoms with Gasteiger partial charge in [0.05, 0.1) is 17.8 Å². The molecule has 0 radical (unpaired) electrons. The Morgan fingerprint density at radius 2 is 2.00 bits per heavy atom. The molecule has 0 atom stereocenters. The number of carbonyl (C=O) groups excluding carboxylic acids is 1. The van der Waals surface area contributed by atoms with Crippen LogP contribution in [-0.4, -0.2) is 16.6 Å². The number of halogens is 2. The Morgan fingerprint density at radius 3 is 2.76 bits per heavy atom. The maximum atomic E-state index is 12.1. The van der Waals surface area contributed by atoms with E-state index in [4.69, 9.17) is 23.2 Å². The minimum atomic E-state index is -0.0840. The van der Waals surface area contributed by atoms with Crippen molar-refractivity contribution >= 4 is 40.5 Å². The SMILES string of the molecule is O=C1CC(Cc2ccccc2Cl)=NN1c1ccnc(Cl)c1. The predicted octanol–water partition coefficient (Wildman–Crippen LogP) is 3.72. The fraction of sp³-hybridized carbons (Fsp3) is 0.133. The van der Waals surface area contributed by atoms with Crippen LogP contribution in [0.25, 0.3) is 0 Å². The van der Waals surface area contributed by atoms with Crippen molar-refractivity contribution in [2.24, 2.45) is 5.10 Å². The van der Waals surface area contributed by atoms with Gasteiger partial charge in [-0.15, -0.1) is 0 Å². The van der Waals surface area contributed by atoms with Crippen LogP contribution in [0.2, 0.25) is 10.2 Å². The smallest absolute Gasteiger partial charge is 0.253 e. The number of nitrogens with zero attached hydrogens (tertiary/aromatic N) is 3. The molecule has 1 amide bonds. The predicted molar refractivity (Wildman–Crippen MR) is 83.9 cm³/mol. The van der Waals surface area contributed by atoms with Crippen molar-refractivity contribution in [2.45, 2.75) is 12.8 Å². The lowest BCUT2D eigenvalue weighted by Gasteiger charge is -2.11. The summed E-state index contributed by atoms with van der Waals surface area (Å²) in [7, 11) is 0. The highest BCUT2D eigenvalue weighted by molar-refractivity contribution is 6.31. The van der Waals surface area contributed by atoms with E-state index in [0.29, 0.717) is 22.3 Å². The van der Waals surface area contributed by atoms with Crippen LogP contribution in [0.15, 0.2) is 47.7 Å². The molecule has 1 aromatic carbocycles. The summed E-state index contributed by atoms with van der Waals surface area (Å²) in [5.74, 6) is -0.0840. The molecule has 0 saturated heterocycles. The average Bonchev–Trinajstić information content (AvgIpc) is 2.82. The van der Waals surface area contributed by atoms with E-state index < -0.39 is 0 Å². The van der Waals surface area contributed by atoms with Gasteiger partial charge in [0.1, 0.15) is 5.15 Å². The summed E-state index contributed by atoms with van der Waals surface area (Å²) in [6.07, 6.45) is 2.39. The van der Waals surface area contributed by atoms with Crippen molar-refractivity contribution in [1.29, 1.82) is 0 Å². The molecule has 4 nitrogen and oxygen atoms in total. The Hall–Kier alpha value is -1.91. The summed E-state index contributed by atoms with van der Waals surface area (Å²) < 4.78 is 0. The van der Waals surface area contributed by atoms with Crippen LogP contribution in [0.3, 0.4) is 0 Å². The zero-order chi connectivity index (χ0) is 14.8. The first-order chi connectivity index (χ1) is 10.1. The number of carbonyl (C=O) groups is 1. The van der Waals surface area contributed by atoms with Gasteiger partial charge in [-0.05, 0) is 17.7 Å². The van der Waals surface area contributed by atoms with Gasteiger partial charge < -0.3 is 0 Å². The number of hydrogen-bond donors (Lipinski definition) is 0. The third-order valence-electron chi connectivity index (χ3n) is 3.14. The molecule has 21 heavy (non-hydrogen) atoms. The normalized spacial score (nSPS) is 14.5. The molecule has 0 unspecified atom stereocenters. The molecule has 0 aliphatic carbocycles. The largest absolute Gasteiger partial charge is 0.272 e. The summed E-state index contributed by atoms with van der Waals surface area (Å²) in [4.78, 5) is 16.0. The zero-order valence-electron chi connectivity index (χ0n) is 11.0. The van der Waals surface area contributed by atoms with Crippen molar-refractivity contribution in [2.75, 3.05) is 5.01 Å². The first kappa shape index (κ1) is 14.0. The Morgan fingerprint density at radius 1 is 1.19 bits per heavy atom. The van der Waals surface area contributed by atoms with Gasteiger partial charge in [0.25, 0.3) is 5.91 Å². The second kappa shape index (κ2) is 5.84. The van der Waals surface area contributed by atoms with Crippen LogP contribution in [0.4, 0.5) is 5.69 Å². The summed E-state index contributed by atoms with van der Waals surface area (Å²) in [6.45, 7) is 0. The van der Waals surface area contributed by atoms with Crippen molar-refractivity contribution in [3.63, 3.8) is 0 Å². The Labute approximate surface area is 132 Å². The van der Waals surface area contributed by atoms with Gasteiger partial charge in [0.2, 0.25) is 0 Å². The van der Waals surface area contributed by atoms with Gasteiger partial charge in [-0.3, -0.25) is 4.79 Å². The molecule has 0 fully saturated rings. The summed E-state index contributed by atoms with van der Waals surface area (Å²) in [5.41, 5.74) is 2.36. The third kappa shape index (κ3) is 3.06. The molecule has 6 heteroatoms. The van der Waals surface area contributed by atoms with Crippen LogP contribution in [0.1, 0.15) is 12.0 Å². The first-order valence-corrected chi connectivity index (χ1v) is 7.13. The van der Waals surface area contributed by atoms with Gasteiger partial charge in [-0.25, -0.2) is 9.99 Å². The average molecular weight is 320 g/mol. The molecule has 1 aliphatic heterocycles. The number of pyridine rings is 1. The number of rotatable bonds is 3. The minimum Gasteiger partial charge on any atom is -0.272 e. The van der Waals surface area contributed by atoms with E-state index in [1.165, 1.54) is 5.01 Å².